The minimum absolute atomic E-state index is 0.286. The molecule has 0 radical (unpaired) electrons. The third kappa shape index (κ3) is 2.09. The largest absolute Gasteiger partial charge is 0.369 e. The maximum absolute atomic E-state index is 9.28. The highest BCUT2D eigenvalue weighted by Gasteiger charge is 2.37. The van der Waals surface area contributed by atoms with Gasteiger partial charge in [0.2, 0.25) is 0 Å². The van der Waals surface area contributed by atoms with Crippen molar-refractivity contribution < 1.29 is 0 Å². The molecule has 0 fully saturated rings. The Labute approximate surface area is 110 Å². The van der Waals surface area contributed by atoms with E-state index >= 15 is 0 Å². The van der Waals surface area contributed by atoms with Crippen molar-refractivity contribution in [3.05, 3.63) is 54.0 Å². The van der Waals surface area contributed by atoms with Crippen molar-refractivity contribution in [3.63, 3.8) is 0 Å². The molecule has 5 heteroatoms. The van der Waals surface area contributed by atoms with Crippen LogP contribution >= 0.6 is 11.8 Å². The van der Waals surface area contributed by atoms with Crippen molar-refractivity contribution in [1.29, 1.82) is 10.5 Å². The van der Waals surface area contributed by atoms with E-state index in [0.717, 1.165) is 5.56 Å². The van der Waals surface area contributed by atoms with Gasteiger partial charge in [0.15, 0.2) is 0 Å². The Morgan fingerprint density at radius 2 is 2.33 bits per heavy atom. The monoisotopic (exact) mass is 254 g/mol. The van der Waals surface area contributed by atoms with Crippen molar-refractivity contribution in [2.24, 2.45) is 0 Å². The van der Waals surface area contributed by atoms with Crippen molar-refractivity contribution in [1.82, 2.24) is 10.3 Å². The summed E-state index contributed by atoms with van der Waals surface area (Å²) in [6.45, 7) is 0. The van der Waals surface area contributed by atoms with E-state index in [-0.39, 0.29) is 5.75 Å². The zero-order valence-corrected chi connectivity index (χ0v) is 10.3. The lowest BCUT2D eigenvalue weighted by molar-refractivity contribution is 0.653. The van der Waals surface area contributed by atoms with Crippen molar-refractivity contribution in [3.8, 4) is 12.1 Å². The highest BCUT2D eigenvalue weighted by Crippen LogP contribution is 2.41. The summed E-state index contributed by atoms with van der Waals surface area (Å²) < 4.78 is 0. The normalized spacial score (nSPS) is 21.3. The molecule has 1 atom stereocenters. The lowest BCUT2D eigenvalue weighted by atomic mass is 9.98. The van der Waals surface area contributed by atoms with Crippen LogP contribution in [0.15, 0.2) is 48.5 Å². The molecule has 18 heavy (non-hydrogen) atoms. The first kappa shape index (κ1) is 12.2. The summed E-state index contributed by atoms with van der Waals surface area (Å²) in [6, 6.07) is 8.00. The van der Waals surface area contributed by atoms with Crippen LogP contribution in [0.5, 0.6) is 0 Å². The second-order valence-corrected chi connectivity index (χ2v) is 4.75. The summed E-state index contributed by atoms with van der Waals surface area (Å²) in [5, 5.41) is 21.2. The number of dihydropyridines is 1. The lowest BCUT2D eigenvalue weighted by Crippen LogP contribution is -2.39. The molecule has 1 aromatic heterocycles. The van der Waals surface area contributed by atoms with Gasteiger partial charge in [-0.25, -0.2) is 0 Å². The van der Waals surface area contributed by atoms with E-state index in [0.29, 0.717) is 5.57 Å². The molecule has 88 valence electrons. The van der Waals surface area contributed by atoms with Gasteiger partial charge in [0, 0.05) is 18.0 Å². The molecule has 0 bridgehead atoms. The van der Waals surface area contributed by atoms with Gasteiger partial charge in [-0.3, -0.25) is 4.98 Å². The van der Waals surface area contributed by atoms with Crippen molar-refractivity contribution in [2.45, 2.75) is 4.87 Å². The van der Waals surface area contributed by atoms with Gasteiger partial charge in [-0.1, -0.05) is 6.07 Å². The Balaban J connectivity index is 2.49. The Morgan fingerprint density at radius 1 is 1.44 bits per heavy atom. The molecular weight excluding hydrogens is 244 g/mol. The Hall–Kier alpha value is -2.24. The number of nitrogens with one attached hydrogen (secondary N) is 1. The van der Waals surface area contributed by atoms with Gasteiger partial charge in [0.1, 0.15) is 4.87 Å². The Morgan fingerprint density at radius 3 is 3.00 bits per heavy atom. The number of nitrogens with zero attached hydrogens (tertiary/aromatic N) is 3. The summed E-state index contributed by atoms with van der Waals surface area (Å²) in [6.07, 6.45) is 8.70. The predicted octanol–water partition coefficient (Wildman–Crippen LogP) is 2.06. The van der Waals surface area contributed by atoms with Gasteiger partial charge >= 0.3 is 0 Å². The summed E-state index contributed by atoms with van der Waals surface area (Å²) in [5.41, 5.74) is 1.43. The maximum atomic E-state index is 9.28. The zero-order valence-electron chi connectivity index (χ0n) is 9.50. The van der Waals surface area contributed by atoms with Gasteiger partial charge in [-0.05, 0) is 24.4 Å². The molecule has 4 nitrogen and oxygen atoms in total. The van der Waals surface area contributed by atoms with Crippen LogP contribution < -0.4 is 5.32 Å². The SMILES string of the molecule is N#CCSC1(c2cccnc2)NC=CC=C1C#N. The molecule has 0 saturated carbocycles. The summed E-state index contributed by atoms with van der Waals surface area (Å²) in [5.74, 6) is 0.286. The average molecular weight is 254 g/mol. The van der Waals surface area contributed by atoms with Crippen LogP contribution in [0.3, 0.4) is 0 Å². The summed E-state index contributed by atoms with van der Waals surface area (Å²) >= 11 is 1.38. The van der Waals surface area contributed by atoms with E-state index in [9.17, 15) is 5.26 Å². The van der Waals surface area contributed by atoms with Gasteiger partial charge in [0.25, 0.3) is 0 Å². The van der Waals surface area contributed by atoms with Crippen LogP contribution in [-0.2, 0) is 4.87 Å². The first-order valence-corrected chi connectivity index (χ1v) is 6.28. The molecule has 1 aliphatic heterocycles. The van der Waals surface area contributed by atoms with Gasteiger partial charge in [0.05, 0.1) is 23.5 Å². The molecule has 0 saturated heterocycles. The molecule has 2 heterocycles. The molecule has 1 aromatic rings. The van der Waals surface area contributed by atoms with Crippen LogP contribution in [-0.4, -0.2) is 10.7 Å². The molecule has 0 spiro atoms. The standard InChI is InChI=1S/C13H10N4S/c14-5-8-18-13(12-4-1-6-16-10-12)11(9-15)3-2-7-17-13/h1-4,6-7,10,17H,8H2. The minimum atomic E-state index is -0.715. The maximum Gasteiger partial charge on any atom is 0.147 e. The van der Waals surface area contributed by atoms with E-state index in [1.54, 1.807) is 30.7 Å². The van der Waals surface area contributed by atoms with Crippen LogP contribution in [0.4, 0.5) is 0 Å². The number of hydrogen-bond acceptors (Lipinski definition) is 5. The van der Waals surface area contributed by atoms with Gasteiger partial charge in [-0.15, -0.1) is 11.8 Å². The molecule has 0 amide bonds. The fraction of sp³-hybridized carbons (Fsp3) is 0.154. The number of thioether (sulfide) groups is 1. The van der Waals surface area contributed by atoms with Crippen LogP contribution in [0.1, 0.15) is 5.56 Å². The van der Waals surface area contributed by atoms with E-state index in [1.807, 2.05) is 12.1 Å². The number of aromatic nitrogens is 1. The lowest BCUT2D eigenvalue weighted by Gasteiger charge is -2.34. The van der Waals surface area contributed by atoms with E-state index in [1.165, 1.54) is 11.8 Å². The van der Waals surface area contributed by atoms with E-state index in [2.05, 4.69) is 22.4 Å². The second kappa shape index (κ2) is 5.39. The Kier molecular flexibility index (Phi) is 3.66. The van der Waals surface area contributed by atoms with Crippen LogP contribution in [0.2, 0.25) is 0 Å². The molecule has 1 N–H and O–H groups in total. The average Bonchev–Trinajstić information content (AvgIpc) is 2.46. The molecular formula is C13H10N4S. The van der Waals surface area contributed by atoms with Crippen molar-refractivity contribution >= 4 is 11.8 Å². The topological polar surface area (TPSA) is 72.5 Å². The third-order valence-electron chi connectivity index (χ3n) is 2.57. The predicted molar refractivity (Wildman–Crippen MR) is 70.0 cm³/mol. The molecule has 1 unspecified atom stereocenters. The smallest absolute Gasteiger partial charge is 0.147 e. The number of pyridine rings is 1. The summed E-state index contributed by atoms with van der Waals surface area (Å²) in [7, 11) is 0. The van der Waals surface area contributed by atoms with Crippen LogP contribution in [0, 0.1) is 22.7 Å². The number of rotatable bonds is 3. The van der Waals surface area contributed by atoms with Gasteiger partial charge in [-0.2, -0.15) is 10.5 Å². The minimum Gasteiger partial charge on any atom is -0.369 e. The highest BCUT2D eigenvalue weighted by molar-refractivity contribution is 8.00. The van der Waals surface area contributed by atoms with Crippen molar-refractivity contribution in [2.75, 3.05) is 5.75 Å². The fourth-order valence-electron chi connectivity index (χ4n) is 1.77. The van der Waals surface area contributed by atoms with E-state index in [4.69, 9.17) is 5.26 Å². The summed E-state index contributed by atoms with van der Waals surface area (Å²) in [4.78, 5) is 3.37. The first-order chi connectivity index (χ1) is 8.83. The molecule has 2 rings (SSSR count). The quantitative estimate of drug-likeness (QED) is 0.893. The first-order valence-electron chi connectivity index (χ1n) is 5.30. The highest BCUT2D eigenvalue weighted by atomic mass is 32.2. The van der Waals surface area contributed by atoms with Crippen LogP contribution in [0.25, 0.3) is 0 Å². The van der Waals surface area contributed by atoms with E-state index < -0.39 is 4.87 Å². The second-order valence-electron chi connectivity index (χ2n) is 3.57. The van der Waals surface area contributed by atoms with Gasteiger partial charge < -0.3 is 5.32 Å². The Bertz CT molecular complexity index is 565. The zero-order chi connectivity index (χ0) is 12.8. The molecule has 0 aromatic carbocycles. The number of nitriles is 2. The third-order valence-corrected chi connectivity index (χ3v) is 3.85. The fourth-order valence-corrected chi connectivity index (χ4v) is 2.76. The molecule has 0 aliphatic carbocycles. The molecule has 1 aliphatic rings. The number of allylic oxidation sites excluding steroid dienone is 2. The number of hydrogen-bond donors (Lipinski definition) is 1.